The third-order valence-electron chi connectivity index (χ3n) is 4.86. The molecule has 0 fully saturated rings. The number of aryl methyl sites for hydroxylation is 2. The second kappa shape index (κ2) is 7.15. The van der Waals surface area contributed by atoms with Gasteiger partial charge in [0.1, 0.15) is 5.58 Å². The monoisotopic (exact) mass is 371 g/mol. The Balaban J connectivity index is 1.66. The van der Waals surface area contributed by atoms with Crippen LogP contribution in [0.2, 0.25) is 0 Å². The molecule has 1 aliphatic carbocycles. The van der Waals surface area contributed by atoms with Crippen LogP contribution in [0, 0.1) is 0 Å². The van der Waals surface area contributed by atoms with E-state index in [2.05, 4.69) is 23.2 Å². The first-order valence-electron chi connectivity index (χ1n) is 9.02. The van der Waals surface area contributed by atoms with Crippen LogP contribution >= 0.6 is 11.8 Å². The van der Waals surface area contributed by atoms with Crippen molar-refractivity contribution < 1.29 is 4.42 Å². The van der Waals surface area contributed by atoms with Gasteiger partial charge in [0.2, 0.25) is 0 Å². The molecule has 26 heavy (non-hydrogen) atoms. The number of benzene rings is 1. The van der Waals surface area contributed by atoms with E-state index in [0.717, 1.165) is 43.1 Å². The Kier molecular flexibility index (Phi) is 4.72. The third kappa shape index (κ3) is 3.23. The molecule has 0 amide bonds. The van der Waals surface area contributed by atoms with Gasteiger partial charge in [-0.25, -0.2) is 14.7 Å². The Morgan fingerprint density at radius 2 is 2.04 bits per heavy atom. The number of hydrogen-bond acceptors (Lipinski definition) is 5. The summed E-state index contributed by atoms with van der Waals surface area (Å²) in [5, 5.41) is 8.29. The lowest BCUT2D eigenvalue weighted by Crippen LogP contribution is -2.17. The summed E-state index contributed by atoms with van der Waals surface area (Å²) in [6.45, 7) is 2.74. The zero-order valence-electron chi connectivity index (χ0n) is 14.7. The molecule has 3 aromatic rings. The summed E-state index contributed by atoms with van der Waals surface area (Å²) in [4.78, 5) is 23.9. The molecule has 0 unspecified atom stereocenters. The van der Waals surface area contributed by atoms with Crippen molar-refractivity contribution in [2.45, 2.75) is 56.5 Å². The highest BCUT2D eigenvalue weighted by atomic mass is 32.2. The topological polar surface area (TPSA) is 80.9 Å². The van der Waals surface area contributed by atoms with Crippen molar-refractivity contribution in [2.75, 3.05) is 0 Å². The van der Waals surface area contributed by atoms with Crippen LogP contribution in [-0.4, -0.2) is 14.8 Å². The van der Waals surface area contributed by atoms with E-state index in [1.807, 2.05) is 6.07 Å². The predicted molar refractivity (Wildman–Crippen MR) is 102 cm³/mol. The standard InChI is InChI=1S/C19H21N3O3S/c1-2-3-7-22-18(24)20-21-19(22)26-11-14-10-17(23)25-16-9-13-6-4-5-12(13)8-15(14)16/h8-10H,2-7,11H2,1H3,(H,20,24). The van der Waals surface area contributed by atoms with E-state index in [0.29, 0.717) is 23.0 Å². The Morgan fingerprint density at radius 3 is 2.85 bits per heavy atom. The molecule has 136 valence electrons. The maximum absolute atomic E-state index is 12.0. The third-order valence-corrected chi connectivity index (χ3v) is 5.88. The van der Waals surface area contributed by atoms with E-state index in [-0.39, 0.29) is 11.3 Å². The molecule has 0 saturated heterocycles. The number of aromatic nitrogens is 3. The molecule has 7 heteroatoms. The van der Waals surface area contributed by atoms with Gasteiger partial charge in [0.05, 0.1) is 0 Å². The predicted octanol–water partition coefficient (Wildman–Crippen LogP) is 3.26. The van der Waals surface area contributed by atoms with E-state index >= 15 is 0 Å². The Bertz CT molecular complexity index is 1060. The van der Waals surface area contributed by atoms with E-state index in [1.165, 1.54) is 22.9 Å². The molecule has 2 heterocycles. The highest BCUT2D eigenvalue weighted by molar-refractivity contribution is 7.98. The lowest BCUT2D eigenvalue weighted by atomic mass is 10.0. The Hall–Kier alpha value is -2.28. The molecule has 0 bridgehead atoms. The first kappa shape index (κ1) is 17.1. The average molecular weight is 371 g/mol. The number of rotatable bonds is 6. The second-order valence-electron chi connectivity index (χ2n) is 6.67. The van der Waals surface area contributed by atoms with Crippen LogP contribution in [0.1, 0.15) is 42.9 Å². The lowest BCUT2D eigenvalue weighted by molar-refractivity contribution is 0.559. The van der Waals surface area contributed by atoms with Gasteiger partial charge >= 0.3 is 11.3 Å². The number of nitrogens with one attached hydrogen (secondary N) is 1. The van der Waals surface area contributed by atoms with Crippen LogP contribution in [-0.2, 0) is 25.1 Å². The summed E-state index contributed by atoms with van der Waals surface area (Å²) in [5.41, 5.74) is 3.68. The molecule has 0 atom stereocenters. The van der Waals surface area contributed by atoms with E-state index in [4.69, 9.17) is 4.42 Å². The lowest BCUT2D eigenvalue weighted by Gasteiger charge is -2.08. The van der Waals surface area contributed by atoms with Gasteiger partial charge in [0.25, 0.3) is 0 Å². The van der Waals surface area contributed by atoms with Gasteiger partial charge in [0, 0.05) is 23.8 Å². The highest BCUT2D eigenvalue weighted by Crippen LogP contribution is 2.30. The van der Waals surface area contributed by atoms with Gasteiger partial charge in [-0.15, -0.1) is 5.10 Å². The van der Waals surface area contributed by atoms with Crippen molar-refractivity contribution >= 4 is 22.7 Å². The molecule has 2 aromatic heterocycles. The van der Waals surface area contributed by atoms with Crippen molar-refractivity contribution in [2.24, 2.45) is 0 Å². The summed E-state index contributed by atoms with van der Waals surface area (Å²) < 4.78 is 7.08. The van der Waals surface area contributed by atoms with Crippen LogP contribution in [0.5, 0.6) is 0 Å². The van der Waals surface area contributed by atoms with Crippen molar-refractivity contribution in [3.8, 4) is 0 Å². The molecule has 0 aliphatic heterocycles. The zero-order valence-corrected chi connectivity index (χ0v) is 15.5. The Morgan fingerprint density at radius 1 is 1.23 bits per heavy atom. The maximum atomic E-state index is 12.0. The van der Waals surface area contributed by atoms with Crippen molar-refractivity contribution in [3.05, 3.63) is 55.8 Å². The molecule has 0 spiro atoms. The van der Waals surface area contributed by atoms with Crippen LogP contribution in [0.3, 0.4) is 0 Å². The fourth-order valence-electron chi connectivity index (χ4n) is 3.48. The smallest absolute Gasteiger partial charge is 0.343 e. The first-order valence-corrected chi connectivity index (χ1v) is 10.0. The number of fused-ring (bicyclic) bond motifs is 2. The van der Waals surface area contributed by atoms with E-state index < -0.39 is 0 Å². The quantitative estimate of drug-likeness (QED) is 0.531. The van der Waals surface area contributed by atoms with Crippen LogP contribution in [0.4, 0.5) is 0 Å². The van der Waals surface area contributed by atoms with Crippen molar-refractivity contribution in [1.29, 1.82) is 0 Å². The van der Waals surface area contributed by atoms with E-state index in [1.54, 1.807) is 10.6 Å². The fourth-order valence-corrected chi connectivity index (χ4v) is 4.45. The molecule has 4 rings (SSSR count). The zero-order chi connectivity index (χ0) is 18.1. The largest absolute Gasteiger partial charge is 0.423 e. The number of unbranched alkanes of at least 4 members (excludes halogenated alkanes) is 1. The normalized spacial score (nSPS) is 13.4. The number of thioether (sulfide) groups is 1. The maximum Gasteiger partial charge on any atom is 0.343 e. The summed E-state index contributed by atoms with van der Waals surface area (Å²) in [6, 6.07) is 5.72. The van der Waals surface area contributed by atoms with Gasteiger partial charge in [-0.2, -0.15) is 0 Å². The summed E-state index contributed by atoms with van der Waals surface area (Å²) in [6.07, 6.45) is 5.21. The molecule has 6 nitrogen and oxygen atoms in total. The summed E-state index contributed by atoms with van der Waals surface area (Å²) >= 11 is 1.47. The molecular weight excluding hydrogens is 350 g/mol. The highest BCUT2D eigenvalue weighted by Gasteiger charge is 2.16. The number of aromatic amines is 1. The molecular formula is C19H21N3O3S. The molecule has 0 radical (unpaired) electrons. The van der Waals surface area contributed by atoms with Gasteiger partial charge in [0.15, 0.2) is 5.16 Å². The number of H-pyrrole nitrogens is 1. The summed E-state index contributed by atoms with van der Waals surface area (Å²) in [5.74, 6) is 0.567. The molecule has 1 aliphatic rings. The average Bonchev–Trinajstić information content (AvgIpc) is 3.22. The van der Waals surface area contributed by atoms with Gasteiger partial charge in [-0.3, -0.25) is 4.57 Å². The van der Waals surface area contributed by atoms with Gasteiger partial charge in [-0.05, 0) is 54.5 Å². The van der Waals surface area contributed by atoms with Crippen molar-refractivity contribution in [1.82, 2.24) is 14.8 Å². The fraction of sp³-hybridized carbons (Fsp3) is 0.421. The van der Waals surface area contributed by atoms with Gasteiger partial charge < -0.3 is 4.42 Å². The van der Waals surface area contributed by atoms with Gasteiger partial charge in [-0.1, -0.05) is 25.1 Å². The second-order valence-corrected chi connectivity index (χ2v) is 7.61. The van der Waals surface area contributed by atoms with E-state index in [9.17, 15) is 9.59 Å². The SMILES string of the molecule is CCCCn1c(SCc2cc(=O)oc3cc4c(cc23)CCC4)n[nH]c1=O. The van der Waals surface area contributed by atoms with Crippen LogP contribution < -0.4 is 11.3 Å². The number of hydrogen-bond donors (Lipinski definition) is 1. The van der Waals surface area contributed by atoms with Crippen LogP contribution in [0.15, 0.2) is 37.4 Å². The van der Waals surface area contributed by atoms with Crippen molar-refractivity contribution in [3.63, 3.8) is 0 Å². The summed E-state index contributed by atoms with van der Waals surface area (Å²) in [7, 11) is 0. The molecule has 0 saturated carbocycles. The number of nitrogens with zero attached hydrogens (tertiary/aromatic N) is 2. The minimum Gasteiger partial charge on any atom is -0.423 e. The molecule has 1 aromatic carbocycles. The molecule has 1 N–H and O–H groups in total. The minimum atomic E-state index is -0.337. The van der Waals surface area contributed by atoms with Crippen LogP contribution in [0.25, 0.3) is 11.0 Å². The minimum absolute atomic E-state index is 0.184. The first-order chi connectivity index (χ1) is 12.7. The Labute approximate surface area is 154 Å².